The van der Waals surface area contributed by atoms with E-state index in [1.165, 1.54) is 57.8 Å². The van der Waals surface area contributed by atoms with E-state index >= 15 is 0 Å². The summed E-state index contributed by atoms with van der Waals surface area (Å²) in [6, 6.07) is 0. The van der Waals surface area contributed by atoms with Crippen LogP contribution in [-0.2, 0) is 9.53 Å². The molecule has 0 aromatic heterocycles. The van der Waals surface area contributed by atoms with E-state index in [0.29, 0.717) is 10.8 Å². The first kappa shape index (κ1) is 17.3. The fourth-order valence-electron chi connectivity index (χ4n) is 8.75. The zero-order valence-electron chi connectivity index (χ0n) is 16.7. The Morgan fingerprint density at radius 3 is 2.65 bits per heavy atom. The zero-order chi connectivity index (χ0) is 17.9. The minimum atomic E-state index is -0.0898. The lowest BCUT2D eigenvalue weighted by molar-refractivity contribution is -0.159. The fourth-order valence-corrected chi connectivity index (χ4v) is 8.75. The molecule has 5 aliphatic rings. The Bertz CT molecular complexity index is 609. The van der Waals surface area contributed by atoms with E-state index in [-0.39, 0.29) is 12.1 Å². The summed E-state index contributed by atoms with van der Waals surface area (Å²) in [5.74, 6) is 4.52. The second-order valence-corrected chi connectivity index (χ2v) is 10.6. The van der Waals surface area contributed by atoms with E-state index < -0.39 is 0 Å². The van der Waals surface area contributed by atoms with Gasteiger partial charge in [-0.1, -0.05) is 19.1 Å². The smallest absolute Gasteiger partial charge is 0.302 e. The zero-order valence-corrected chi connectivity index (χ0v) is 16.7. The highest BCUT2D eigenvalue weighted by Gasteiger charge is 2.61. The summed E-state index contributed by atoms with van der Waals surface area (Å²) in [4.78, 5) is 11.4. The monoisotopic (exact) mass is 356 g/mol. The molecule has 26 heavy (non-hydrogen) atoms. The summed E-state index contributed by atoms with van der Waals surface area (Å²) < 4.78 is 5.61. The summed E-state index contributed by atoms with van der Waals surface area (Å²) in [5.41, 5.74) is 1.08. The van der Waals surface area contributed by atoms with Crippen LogP contribution in [0.25, 0.3) is 0 Å². The molecule has 0 unspecified atom stereocenters. The van der Waals surface area contributed by atoms with Crippen LogP contribution in [0.4, 0.5) is 0 Å². The Labute approximate surface area is 159 Å². The Morgan fingerprint density at radius 2 is 1.81 bits per heavy atom. The number of rotatable bonds is 1. The van der Waals surface area contributed by atoms with Gasteiger partial charge in [0.25, 0.3) is 0 Å². The molecule has 0 saturated heterocycles. The summed E-state index contributed by atoms with van der Waals surface area (Å²) in [6.07, 6.45) is 20.4. The van der Waals surface area contributed by atoms with Crippen molar-refractivity contribution in [2.45, 2.75) is 90.6 Å². The maximum Gasteiger partial charge on any atom is 0.302 e. The number of hydrogen-bond acceptors (Lipinski definition) is 2. The number of carbonyl (C=O) groups excluding carboxylic acids is 1. The normalized spacial score (nSPS) is 52.4. The van der Waals surface area contributed by atoms with Crippen molar-refractivity contribution in [3.05, 3.63) is 12.2 Å². The molecule has 2 nitrogen and oxygen atoms in total. The third-order valence-electron chi connectivity index (χ3n) is 9.82. The third kappa shape index (κ3) is 2.39. The average molecular weight is 357 g/mol. The van der Waals surface area contributed by atoms with Crippen molar-refractivity contribution in [1.82, 2.24) is 0 Å². The molecule has 0 aromatic rings. The van der Waals surface area contributed by atoms with Crippen LogP contribution in [0.5, 0.6) is 0 Å². The van der Waals surface area contributed by atoms with E-state index in [2.05, 4.69) is 19.1 Å². The van der Waals surface area contributed by atoms with E-state index in [1.807, 2.05) is 0 Å². The van der Waals surface area contributed by atoms with Gasteiger partial charge >= 0.3 is 5.97 Å². The fraction of sp³-hybridized carbons (Fsp3) is 0.875. The second kappa shape index (κ2) is 6.11. The molecule has 4 fully saturated rings. The topological polar surface area (TPSA) is 26.3 Å². The Kier molecular flexibility index (Phi) is 4.07. The lowest BCUT2D eigenvalue weighted by Crippen LogP contribution is -2.54. The van der Waals surface area contributed by atoms with Crippen molar-refractivity contribution in [3.63, 3.8) is 0 Å². The highest BCUT2D eigenvalue weighted by Crippen LogP contribution is 2.69. The standard InChI is InChI=1S/C24H36O2/c1-16(25)26-19-10-13-23(2)18(15-19)6-8-20-21(23)11-14-24-12-4-3-5-17(24)7-9-22(20)24/h4,12,17-22H,3,5-11,13-15H2,1-2H3/t17-,18+,19+,20+,21-,22-,23-,24+/m0/s1. The van der Waals surface area contributed by atoms with Crippen LogP contribution < -0.4 is 0 Å². The van der Waals surface area contributed by atoms with Gasteiger partial charge in [-0.3, -0.25) is 4.79 Å². The molecule has 144 valence electrons. The molecule has 0 heterocycles. The molecular formula is C24H36O2. The minimum Gasteiger partial charge on any atom is -0.463 e. The third-order valence-corrected chi connectivity index (χ3v) is 9.82. The average Bonchev–Trinajstić information content (AvgIpc) is 3.01. The van der Waals surface area contributed by atoms with Crippen LogP contribution >= 0.6 is 0 Å². The summed E-state index contributed by atoms with van der Waals surface area (Å²) in [5, 5.41) is 0. The predicted molar refractivity (Wildman–Crippen MR) is 103 cm³/mol. The van der Waals surface area contributed by atoms with Crippen molar-refractivity contribution in [1.29, 1.82) is 0 Å². The van der Waals surface area contributed by atoms with Gasteiger partial charge in [0.15, 0.2) is 0 Å². The van der Waals surface area contributed by atoms with Gasteiger partial charge < -0.3 is 4.74 Å². The lowest BCUT2D eigenvalue weighted by atomic mass is 9.44. The molecule has 5 aliphatic carbocycles. The van der Waals surface area contributed by atoms with E-state index in [1.54, 1.807) is 6.92 Å². The molecule has 0 radical (unpaired) electrons. The van der Waals surface area contributed by atoms with Gasteiger partial charge in [-0.05, 0) is 111 Å². The Hall–Kier alpha value is -0.790. The van der Waals surface area contributed by atoms with Crippen LogP contribution in [-0.4, -0.2) is 12.1 Å². The molecule has 0 aromatic carbocycles. The maximum atomic E-state index is 11.4. The second-order valence-electron chi connectivity index (χ2n) is 10.6. The van der Waals surface area contributed by atoms with Gasteiger partial charge in [0.1, 0.15) is 6.10 Å². The molecule has 0 aliphatic heterocycles. The maximum absolute atomic E-state index is 11.4. The van der Waals surface area contributed by atoms with Crippen LogP contribution in [0.3, 0.4) is 0 Å². The number of esters is 1. The highest BCUT2D eigenvalue weighted by molar-refractivity contribution is 5.66. The minimum absolute atomic E-state index is 0.0898. The van der Waals surface area contributed by atoms with E-state index in [4.69, 9.17) is 4.74 Å². The van der Waals surface area contributed by atoms with Crippen molar-refractivity contribution < 1.29 is 9.53 Å². The van der Waals surface area contributed by atoms with Gasteiger partial charge in [0, 0.05) is 6.92 Å². The van der Waals surface area contributed by atoms with Crippen molar-refractivity contribution in [2.75, 3.05) is 0 Å². The molecular weight excluding hydrogens is 320 g/mol. The van der Waals surface area contributed by atoms with Gasteiger partial charge in [-0.15, -0.1) is 0 Å². The number of hydrogen-bond donors (Lipinski definition) is 0. The van der Waals surface area contributed by atoms with Crippen LogP contribution in [0.15, 0.2) is 12.2 Å². The van der Waals surface area contributed by atoms with Crippen molar-refractivity contribution in [3.8, 4) is 0 Å². The molecule has 2 heteroatoms. The quantitative estimate of drug-likeness (QED) is 0.431. The van der Waals surface area contributed by atoms with E-state index in [9.17, 15) is 4.79 Å². The van der Waals surface area contributed by atoms with Crippen molar-refractivity contribution >= 4 is 5.97 Å². The molecule has 0 bridgehead atoms. The first-order chi connectivity index (χ1) is 12.5. The molecule has 8 atom stereocenters. The van der Waals surface area contributed by atoms with Crippen molar-refractivity contribution in [2.24, 2.45) is 40.4 Å². The van der Waals surface area contributed by atoms with Crippen LogP contribution in [0, 0.1) is 40.4 Å². The first-order valence-electron chi connectivity index (χ1n) is 11.4. The summed E-state index contributed by atoms with van der Waals surface area (Å²) in [6.45, 7) is 4.18. The Balaban J connectivity index is 1.38. The number of carbonyl (C=O) groups is 1. The SMILES string of the molecule is CC(=O)O[C@@H]1CC[C@@]2(C)[C@H](CC[C@@H]3[C@@H]2CC[C@]24C=CCC[C@H]2CC[C@@H]34)C1. The van der Waals surface area contributed by atoms with Gasteiger partial charge in [0.2, 0.25) is 0 Å². The highest BCUT2D eigenvalue weighted by atomic mass is 16.5. The number of fused-ring (bicyclic) bond motifs is 4. The predicted octanol–water partition coefficient (Wildman–Crippen LogP) is 5.91. The molecule has 0 N–H and O–H groups in total. The molecule has 5 rings (SSSR count). The lowest BCUT2D eigenvalue weighted by Gasteiger charge is -2.61. The van der Waals surface area contributed by atoms with Gasteiger partial charge in [-0.25, -0.2) is 0 Å². The van der Waals surface area contributed by atoms with Gasteiger partial charge in [-0.2, -0.15) is 0 Å². The van der Waals surface area contributed by atoms with Crippen LogP contribution in [0.2, 0.25) is 0 Å². The van der Waals surface area contributed by atoms with Gasteiger partial charge in [0.05, 0.1) is 0 Å². The van der Waals surface area contributed by atoms with E-state index in [0.717, 1.165) is 42.4 Å². The first-order valence-corrected chi connectivity index (χ1v) is 11.4. The molecule has 1 spiro atoms. The largest absolute Gasteiger partial charge is 0.463 e. The van der Waals surface area contributed by atoms with Crippen LogP contribution in [0.1, 0.15) is 84.5 Å². The summed E-state index contributed by atoms with van der Waals surface area (Å²) >= 11 is 0. The molecule has 4 saturated carbocycles. The Morgan fingerprint density at radius 1 is 0.962 bits per heavy atom. The number of allylic oxidation sites excluding steroid dienone is 2. The number of ether oxygens (including phenoxy) is 1. The summed E-state index contributed by atoms with van der Waals surface area (Å²) in [7, 11) is 0. The molecule has 0 amide bonds.